The molecule has 0 amide bonds. The third-order valence-electron chi connectivity index (χ3n) is 14.7. The van der Waals surface area contributed by atoms with Gasteiger partial charge in [-0.25, -0.2) is 0 Å². The van der Waals surface area contributed by atoms with E-state index in [0.29, 0.717) is 51.0 Å². The van der Waals surface area contributed by atoms with Gasteiger partial charge in [-0.15, -0.1) is 0 Å². The lowest BCUT2D eigenvalue weighted by Crippen LogP contribution is -2.81. The molecule has 0 fully saturated rings. The normalized spacial score (nSPS) is 16.7. The van der Waals surface area contributed by atoms with Crippen LogP contribution in [0.15, 0.2) is 12.2 Å². The van der Waals surface area contributed by atoms with E-state index in [0.717, 1.165) is 160 Å². The molecule has 0 radical (unpaired) electrons. The number of carbonyl (C=O) groups excluding carboxylic acids is 6. The summed E-state index contributed by atoms with van der Waals surface area (Å²) in [6, 6.07) is 0. The maximum absolute atomic E-state index is 14.8. The summed E-state index contributed by atoms with van der Waals surface area (Å²) in [4.78, 5) is 83.9. The third kappa shape index (κ3) is 29.3. The van der Waals surface area contributed by atoms with Crippen molar-refractivity contribution in [1.29, 1.82) is 0 Å². The van der Waals surface area contributed by atoms with Crippen molar-refractivity contribution < 1.29 is 70.2 Å². The molecule has 460 valence electrons. The van der Waals surface area contributed by atoms with Crippen LogP contribution in [0.3, 0.4) is 0 Å². The van der Waals surface area contributed by atoms with E-state index in [2.05, 4.69) is 55.4 Å². The highest BCUT2D eigenvalue weighted by Crippen LogP contribution is 2.54. The molecule has 2 atom stereocenters. The van der Waals surface area contributed by atoms with Crippen LogP contribution in [0.25, 0.3) is 0 Å². The van der Waals surface area contributed by atoms with E-state index in [9.17, 15) is 41.7 Å². The summed E-state index contributed by atoms with van der Waals surface area (Å²) in [7, 11) is -6.10. The van der Waals surface area contributed by atoms with E-state index < -0.39 is 87.8 Å². The lowest BCUT2D eigenvalue weighted by atomic mass is 9.85. The molecular weight excluding hydrogens is 1030 g/mol. The first-order chi connectivity index (χ1) is 37.7. The average molecular weight is 1140 g/mol. The van der Waals surface area contributed by atoms with Gasteiger partial charge in [0.05, 0.1) is 0 Å². The van der Waals surface area contributed by atoms with Crippen LogP contribution in [0.5, 0.6) is 0 Å². The number of rotatable bonds is 49. The largest absolute Gasteiger partial charge is 0.449 e. The summed E-state index contributed by atoms with van der Waals surface area (Å²) in [5.41, 5.74) is 0.148. The Morgan fingerprint density at radius 3 is 0.962 bits per heavy atom. The Morgan fingerprint density at radius 2 is 0.658 bits per heavy atom. The molecule has 15 nitrogen and oxygen atoms in total. The summed E-state index contributed by atoms with van der Waals surface area (Å²) in [6.45, 7) is 16.9. The van der Waals surface area contributed by atoms with Crippen molar-refractivity contribution in [2.24, 2.45) is 5.41 Å². The molecule has 0 aromatic heterocycles. The van der Waals surface area contributed by atoms with Gasteiger partial charge in [-0.2, -0.15) is 8.42 Å². The number of carbonyl (C=O) groups is 6. The predicted octanol–water partition coefficient (Wildman–Crippen LogP) is 16.7. The predicted molar refractivity (Wildman–Crippen MR) is 311 cm³/mol. The Kier molecular flexibility index (Phi) is 39.4. The van der Waals surface area contributed by atoms with Gasteiger partial charge < -0.3 is 28.4 Å². The fourth-order valence-corrected chi connectivity index (χ4v) is 11.0. The molecule has 2 unspecified atom stereocenters. The van der Waals surface area contributed by atoms with E-state index in [4.69, 9.17) is 28.4 Å². The molecule has 0 aromatic rings. The van der Waals surface area contributed by atoms with E-state index in [-0.39, 0.29) is 56.8 Å². The first-order valence-electron chi connectivity index (χ1n) is 31.7. The van der Waals surface area contributed by atoms with Gasteiger partial charge in [-0.1, -0.05) is 242 Å². The highest BCUT2D eigenvalue weighted by molar-refractivity contribution is 7.87. The van der Waals surface area contributed by atoms with Gasteiger partial charge in [0, 0.05) is 38.5 Å². The van der Waals surface area contributed by atoms with Gasteiger partial charge >= 0.3 is 62.4 Å². The molecule has 1 aliphatic rings. The quantitative estimate of drug-likeness (QED) is 0.0150. The Labute approximate surface area is 479 Å². The Bertz CT molecular complexity index is 1780. The van der Waals surface area contributed by atoms with Gasteiger partial charge in [-0.05, 0) is 62.5 Å². The van der Waals surface area contributed by atoms with Gasteiger partial charge in [0.25, 0.3) is 0 Å². The molecule has 16 heteroatoms. The van der Waals surface area contributed by atoms with Crippen molar-refractivity contribution in [1.82, 2.24) is 0 Å². The topological polar surface area (TPSA) is 212 Å². The minimum atomic E-state index is -6.10. The molecule has 0 bridgehead atoms. The maximum Gasteiger partial charge on any atom is 0.401 e. The first kappa shape index (κ1) is 73.5. The second-order valence-corrected chi connectivity index (χ2v) is 25.0. The summed E-state index contributed by atoms with van der Waals surface area (Å²) in [5.74, 6) is -14.3. The number of hydrogen-bond acceptors (Lipinski definition) is 14. The van der Waals surface area contributed by atoms with Crippen LogP contribution >= 0.6 is 0 Å². The molecule has 1 rings (SSSR count). The Balaban J connectivity index is 4.48. The third-order valence-corrected chi connectivity index (χ3v) is 16.0. The zero-order valence-electron chi connectivity index (χ0n) is 51.0. The van der Waals surface area contributed by atoms with E-state index >= 15 is 0 Å². The molecular formula is C63H112O15S. The number of unbranched alkanes of at least 4 members (excludes halogenated alkanes) is 29. The average Bonchev–Trinajstić information content (AvgIpc) is 3.33. The molecule has 0 aromatic carbocycles. The minimum Gasteiger partial charge on any atom is -0.449 e. The van der Waals surface area contributed by atoms with Crippen molar-refractivity contribution >= 4 is 45.9 Å². The first-order valence-corrected chi connectivity index (χ1v) is 33.1. The maximum atomic E-state index is 14.8. The Morgan fingerprint density at radius 1 is 0.392 bits per heavy atom. The van der Waals surface area contributed by atoms with Gasteiger partial charge in [-0.3, -0.25) is 33.3 Å². The lowest BCUT2D eigenvalue weighted by molar-refractivity contribution is -0.409. The molecule has 1 N–H and O–H groups in total. The standard InChI is InChI=1S/C63H112O15S/c1-9-14-19-24-30-37-44-54(64)73-53-50-52-61(79(70,71)72,74-55(65)45-38-35-29-36-43-51-60(6,7)8)63(77-58(68)48-41-33-27-22-17-12-4,78-59(69)49-42-34-28-23-18-13-5)62(53,75-56(66)46-39-31-25-20-15-10-2)76-57(67)47-40-32-26-21-16-11-3/h50,52-53H,9-49,51H2,1-8H3,(H,70,71,72). The van der Waals surface area contributed by atoms with E-state index in [1.165, 1.54) is 0 Å². The van der Waals surface area contributed by atoms with Gasteiger partial charge in [0.2, 0.25) is 6.10 Å². The molecule has 0 saturated carbocycles. The highest BCUT2D eigenvalue weighted by atomic mass is 32.2. The summed E-state index contributed by atoms with van der Waals surface area (Å²) < 4.78 is 78.8. The summed E-state index contributed by atoms with van der Waals surface area (Å²) in [6.07, 6.45) is 23.9. The van der Waals surface area contributed by atoms with Crippen LogP contribution in [0.4, 0.5) is 0 Å². The van der Waals surface area contributed by atoms with Crippen molar-refractivity contribution in [3.05, 3.63) is 12.2 Å². The smallest absolute Gasteiger partial charge is 0.401 e. The van der Waals surface area contributed by atoms with Crippen molar-refractivity contribution in [3.63, 3.8) is 0 Å². The molecule has 0 saturated heterocycles. The van der Waals surface area contributed by atoms with Crippen molar-refractivity contribution in [3.8, 4) is 0 Å². The van der Waals surface area contributed by atoms with Crippen LogP contribution < -0.4 is 0 Å². The van der Waals surface area contributed by atoms with Crippen molar-refractivity contribution in [2.75, 3.05) is 0 Å². The zero-order chi connectivity index (χ0) is 58.9. The zero-order valence-corrected chi connectivity index (χ0v) is 51.8. The SMILES string of the molecule is CCCCCCCCC(=O)OC1C=CC(OC(=O)CCCCCCCC(C)(C)C)(S(=O)(=O)O)C(OC(=O)CCCCCCCC)(OC(=O)CCCCCCCC)C1(OC(=O)CCCCCCCC)OC(=O)CCCCCCCC. The van der Waals surface area contributed by atoms with Gasteiger partial charge in [0.1, 0.15) is 0 Å². The minimum absolute atomic E-state index is 0.148. The monoisotopic (exact) mass is 1140 g/mol. The van der Waals surface area contributed by atoms with Gasteiger partial charge in [0.15, 0.2) is 0 Å². The molecule has 0 spiro atoms. The lowest BCUT2D eigenvalue weighted by Gasteiger charge is -2.54. The second-order valence-electron chi connectivity index (χ2n) is 23.5. The number of ether oxygens (including phenoxy) is 6. The number of hydrogen-bond donors (Lipinski definition) is 1. The summed E-state index contributed by atoms with van der Waals surface area (Å²) in [5, 5.41) is 0. The molecule has 0 aliphatic heterocycles. The number of esters is 6. The molecule has 79 heavy (non-hydrogen) atoms. The van der Waals surface area contributed by atoms with E-state index in [1.54, 1.807) is 0 Å². The van der Waals surface area contributed by atoms with Crippen LogP contribution in [0.1, 0.15) is 325 Å². The molecule has 1 aliphatic carbocycles. The van der Waals surface area contributed by atoms with E-state index in [1.807, 2.05) is 0 Å². The van der Waals surface area contributed by atoms with Crippen LogP contribution in [0.2, 0.25) is 0 Å². The highest BCUT2D eigenvalue weighted by Gasteiger charge is 2.86. The summed E-state index contributed by atoms with van der Waals surface area (Å²) >= 11 is 0. The molecule has 0 heterocycles. The van der Waals surface area contributed by atoms with Crippen molar-refractivity contribution in [2.45, 2.75) is 348 Å². The Hall–Kier alpha value is -3.53. The van der Waals surface area contributed by atoms with Crippen LogP contribution in [-0.4, -0.2) is 71.4 Å². The van der Waals surface area contributed by atoms with Crippen LogP contribution in [0, 0.1) is 5.41 Å². The van der Waals surface area contributed by atoms with Crippen LogP contribution in [-0.2, 0) is 67.3 Å². The fraction of sp³-hybridized carbons (Fsp3) is 0.873. The second kappa shape index (κ2) is 42.3. The fourth-order valence-electron chi connectivity index (χ4n) is 9.97.